The molecule has 0 aliphatic carbocycles. The van der Waals surface area contributed by atoms with E-state index in [9.17, 15) is 9.59 Å². The fourth-order valence-corrected chi connectivity index (χ4v) is 3.26. The maximum atomic E-state index is 12.3. The first-order valence-electron chi connectivity index (χ1n) is 8.45. The van der Waals surface area contributed by atoms with Crippen LogP contribution in [0.15, 0.2) is 53.0 Å². The van der Waals surface area contributed by atoms with Gasteiger partial charge in [-0.2, -0.15) is 0 Å². The van der Waals surface area contributed by atoms with E-state index in [1.807, 2.05) is 44.2 Å². The van der Waals surface area contributed by atoms with Gasteiger partial charge in [-0.1, -0.05) is 54.0 Å². The number of benzene rings is 2. The molecular weight excluding hydrogens is 412 g/mol. The molecule has 0 saturated heterocycles. The van der Waals surface area contributed by atoms with Gasteiger partial charge in [0.2, 0.25) is 5.91 Å². The van der Waals surface area contributed by atoms with E-state index in [4.69, 9.17) is 0 Å². The van der Waals surface area contributed by atoms with Gasteiger partial charge in [0.15, 0.2) is 0 Å². The number of carbonyl (C=O) groups is 2. The summed E-state index contributed by atoms with van der Waals surface area (Å²) >= 11 is 4.95. The van der Waals surface area contributed by atoms with E-state index >= 15 is 0 Å². The maximum Gasteiger partial charge on any atom is 0.253 e. The van der Waals surface area contributed by atoms with E-state index < -0.39 is 0 Å². The Labute approximate surface area is 167 Å². The van der Waals surface area contributed by atoms with Crippen LogP contribution in [0.3, 0.4) is 0 Å². The van der Waals surface area contributed by atoms with Crippen molar-refractivity contribution in [3.8, 4) is 0 Å². The van der Waals surface area contributed by atoms with Gasteiger partial charge in [0, 0.05) is 16.8 Å². The Balaban J connectivity index is 1.88. The molecule has 26 heavy (non-hydrogen) atoms. The molecule has 6 heteroatoms. The van der Waals surface area contributed by atoms with Crippen LogP contribution in [0.1, 0.15) is 29.8 Å². The Hall–Kier alpha value is -1.79. The van der Waals surface area contributed by atoms with Crippen LogP contribution >= 0.6 is 27.7 Å². The molecule has 0 unspecified atom stereocenters. The minimum Gasteiger partial charge on any atom is -0.352 e. The van der Waals surface area contributed by atoms with Gasteiger partial charge in [0.05, 0.1) is 17.0 Å². The maximum absolute atomic E-state index is 12.3. The van der Waals surface area contributed by atoms with Crippen LogP contribution in [-0.4, -0.2) is 24.1 Å². The largest absolute Gasteiger partial charge is 0.352 e. The fraction of sp³-hybridized carbons (Fsp3) is 0.300. The lowest BCUT2D eigenvalue weighted by molar-refractivity contribution is -0.113. The van der Waals surface area contributed by atoms with Crippen molar-refractivity contribution in [2.45, 2.75) is 19.6 Å². The Morgan fingerprint density at radius 3 is 2.46 bits per heavy atom. The van der Waals surface area contributed by atoms with Gasteiger partial charge in [-0.25, -0.2) is 0 Å². The molecule has 0 fully saturated rings. The first kappa shape index (κ1) is 20.5. The monoisotopic (exact) mass is 434 g/mol. The van der Waals surface area contributed by atoms with Crippen molar-refractivity contribution in [3.05, 3.63) is 64.1 Å². The second kappa shape index (κ2) is 10.4. The first-order chi connectivity index (χ1) is 12.5. The lowest BCUT2D eigenvalue weighted by Crippen LogP contribution is -2.28. The van der Waals surface area contributed by atoms with Crippen LogP contribution in [0.4, 0.5) is 5.69 Å². The molecule has 0 bridgehead atoms. The van der Waals surface area contributed by atoms with Crippen molar-refractivity contribution < 1.29 is 9.59 Å². The quantitative estimate of drug-likeness (QED) is 0.632. The third-order valence-corrected chi connectivity index (χ3v) is 5.06. The molecule has 2 amide bonds. The van der Waals surface area contributed by atoms with Crippen molar-refractivity contribution in [2.24, 2.45) is 5.92 Å². The Morgan fingerprint density at radius 1 is 1.08 bits per heavy atom. The molecule has 2 aromatic carbocycles. The van der Waals surface area contributed by atoms with Gasteiger partial charge in [0.25, 0.3) is 5.91 Å². The van der Waals surface area contributed by atoms with Crippen molar-refractivity contribution >= 4 is 45.2 Å². The summed E-state index contributed by atoms with van der Waals surface area (Å²) in [5.41, 5.74) is 2.20. The van der Waals surface area contributed by atoms with Crippen LogP contribution in [0.25, 0.3) is 0 Å². The molecule has 138 valence electrons. The first-order valence-corrected chi connectivity index (χ1v) is 10.4. The molecule has 0 spiro atoms. The summed E-state index contributed by atoms with van der Waals surface area (Å²) in [4.78, 5) is 24.5. The van der Waals surface area contributed by atoms with Crippen LogP contribution in [0.5, 0.6) is 0 Å². The zero-order valence-corrected chi connectivity index (χ0v) is 17.3. The highest BCUT2D eigenvalue weighted by atomic mass is 79.9. The standard InChI is InChI=1S/C20H23BrN2O2S/c1-14(2)11-22-20(25)17-5-3-4-6-18(17)23-19(24)13-26-12-15-7-9-16(21)10-8-15/h3-10,14H,11-13H2,1-2H3,(H,22,25)(H,23,24). The van der Waals surface area contributed by atoms with E-state index in [1.165, 1.54) is 5.56 Å². The Morgan fingerprint density at radius 2 is 1.77 bits per heavy atom. The zero-order valence-electron chi connectivity index (χ0n) is 14.9. The topological polar surface area (TPSA) is 58.2 Å². The van der Waals surface area contributed by atoms with E-state index in [2.05, 4.69) is 26.6 Å². The number of nitrogens with one attached hydrogen (secondary N) is 2. The molecule has 2 N–H and O–H groups in total. The molecule has 0 saturated carbocycles. The highest BCUT2D eigenvalue weighted by Gasteiger charge is 2.13. The second-order valence-electron chi connectivity index (χ2n) is 6.32. The third-order valence-electron chi connectivity index (χ3n) is 3.53. The summed E-state index contributed by atoms with van der Waals surface area (Å²) < 4.78 is 1.04. The number of amides is 2. The summed E-state index contributed by atoms with van der Waals surface area (Å²) in [5.74, 6) is 1.18. The van der Waals surface area contributed by atoms with E-state index in [-0.39, 0.29) is 11.8 Å². The van der Waals surface area contributed by atoms with Gasteiger partial charge in [0.1, 0.15) is 0 Å². The number of thioether (sulfide) groups is 1. The number of hydrogen-bond donors (Lipinski definition) is 2. The predicted octanol–water partition coefficient (Wildman–Crippen LogP) is 4.71. The van der Waals surface area contributed by atoms with E-state index in [1.54, 1.807) is 30.0 Å². The average molecular weight is 435 g/mol. The second-order valence-corrected chi connectivity index (χ2v) is 8.22. The lowest BCUT2D eigenvalue weighted by atomic mass is 10.1. The molecule has 4 nitrogen and oxygen atoms in total. The average Bonchev–Trinajstić information content (AvgIpc) is 2.62. The van der Waals surface area contributed by atoms with Gasteiger partial charge in [-0.05, 0) is 35.7 Å². The minimum absolute atomic E-state index is 0.115. The molecule has 0 aromatic heterocycles. The number of halogens is 1. The zero-order chi connectivity index (χ0) is 18.9. The predicted molar refractivity (Wildman–Crippen MR) is 113 cm³/mol. The summed E-state index contributed by atoms with van der Waals surface area (Å²) in [6.07, 6.45) is 0. The number of hydrogen-bond acceptors (Lipinski definition) is 3. The summed E-state index contributed by atoms with van der Waals surface area (Å²) in [6.45, 7) is 4.68. The lowest BCUT2D eigenvalue weighted by Gasteiger charge is -2.12. The van der Waals surface area contributed by atoms with Gasteiger partial charge in [-0.3, -0.25) is 9.59 Å². The van der Waals surface area contributed by atoms with Gasteiger partial charge >= 0.3 is 0 Å². The number of para-hydroxylation sites is 1. The number of anilines is 1. The Kier molecular flexibility index (Phi) is 8.19. The van der Waals surface area contributed by atoms with Crippen LogP contribution < -0.4 is 10.6 Å². The number of rotatable bonds is 8. The molecular formula is C20H23BrN2O2S. The number of carbonyl (C=O) groups excluding carboxylic acids is 2. The van der Waals surface area contributed by atoms with Crippen molar-refractivity contribution in [1.29, 1.82) is 0 Å². The highest BCUT2D eigenvalue weighted by molar-refractivity contribution is 9.10. The SMILES string of the molecule is CC(C)CNC(=O)c1ccccc1NC(=O)CSCc1ccc(Br)cc1. The molecule has 2 aromatic rings. The molecule has 0 heterocycles. The van der Waals surface area contributed by atoms with Gasteiger partial charge < -0.3 is 10.6 Å². The van der Waals surface area contributed by atoms with E-state index in [0.717, 1.165) is 10.2 Å². The summed E-state index contributed by atoms with van der Waals surface area (Å²) in [5, 5.41) is 5.73. The van der Waals surface area contributed by atoms with Crippen molar-refractivity contribution in [1.82, 2.24) is 5.32 Å². The molecule has 0 aliphatic rings. The summed E-state index contributed by atoms with van der Waals surface area (Å²) in [6, 6.07) is 15.1. The van der Waals surface area contributed by atoms with Crippen molar-refractivity contribution in [2.75, 3.05) is 17.6 Å². The van der Waals surface area contributed by atoms with Crippen molar-refractivity contribution in [3.63, 3.8) is 0 Å². The van der Waals surface area contributed by atoms with E-state index in [0.29, 0.717) is 29.5 Å². The molecule has 0 atom stereocenters. The summed E-state index contributed by atoms with van der Waals surface area (Å²) in [7, 11) is 0. The Bertz CT molecular complexity index is 748. The van der Waals surface area contributed by atoms with Crippen LogP contribution in [-0.2, 0) is 10.5 Å². The fourth-order valence-electron chi connectivity index (χ4n) is 2.21. The van der Waals surface area contributed by atoms with Gasteiger partial charge in [-0.15, -0.1) is 11.8 Å². The molecule has 2 rings (SSSR count). The highest BCUT2D eigenvalue weighted by Crippen LogP contribution is 2.18. The normalized spacial score (nSPS) is 10.6. The molecule has 0 radical (unpaired) electrons. The third kappa shape index (κ3) is 6.84. The minimum atomic E-state index is -0.169. The van der Waals surface area contributed by atoms with Crippen LogP contribution in [0, 0.1) is 5.92 Å². The molecule has 0 aliphatic heterocycles. The smallest absolute Gasteiger partial charge is 0.253 e. The van der Waals surface area contributed by atoms with Crippen LogP contribution in [0.2, 0.25) is 0 Å².